The van der Waals surface area contributed by atoms with E-state index >= 15 is 0 Å². The van der Waals surface area contributed by atoms with E-state index in [9.17, 15) is 5.11 Å². The number of β-amino-alcohol motifs (C(OH)–C–C–N with tert-alkyl or cyclic N) is 1. The molecule has 0 aromatic carbocycles. The Morgan fingerprint density at radius 3 is 2.62 bits per heavy atom. The Labute approximate surface area is 129 Å². The Kier molecular flexibility index (Phi) is 6.48. The number of nitrogens with zero attached hydrogens (tertiary/aromatic N) is 1. The van der Waals surface area contributed by atoms with Crippen molar-refractivity contribution >= 4 is 0 Å². The molecular formula is C17H33NO3. The Balaban J connectivity index is 1.69. The number of aliphatic hydroxyl groups excluding tert-OH is 1. The molecule has 2 heterocycles. The van der Waals surface area contributed by atoms with E-state index in [0.717, 1.165) is 39.1 Å². The zero-order valence-electron chi connectivity index (χ0n) is 14.0. The first kappa shape index (κ1) is 17.2. The molecule has 4 nitrogen and oxygen atoms in total. The molecule has 2 rings (SSSR count). The molecule has 0 saturated carbocycles. The molecule has 4 heteroatoms. The second-order valence-corrected chi connectivity index (χ2v) is 7.85. The molecule has 0 bridgehead atoms. The average molecular weight is 299 g/mol. The average Bonchev–Trinajstić information content (AvgIpc) is 2.83. The van der Waals surface area contributed by atoms with Crippen LogP contribution < -0.4 is 0 Å². The van der Waals surface area contributed by atoms with Crippen LogP contribution in [0.3, 0.4) is 0 Å². The molecule has 0 aromatic heterocycles. The Hall–Kier alpha value is -0.160. The largest absolute Gasteiger partial charge is 0.389 e. The van der Waals surface area contributed by atoms with Crippen LogP contribution in [-0.2, 0) is 9.47 Å². The molecule has 2 aliphatic heterocycles. The minimum absolute atomic E-state index is 0.275. The highest BCUT2D eigenvalue weighted by molar-refractivity contribution is 4.84. The molecule has 2 aliphatic rings. The number of aliphatic hydroxyl groups is 1. The quantitative estimate of drug-likeness (QED) is 0.818. The van der Waals surface area contributed by atoms with E-state index in [0.29, 0.717) is 18.1 Å². The van der Waals surface area contributed by atoms with Gasteiger partial charge < -0.3 is 14.6 Å². The Morgan fingerprint density at radius 1 is 1.24 bits per heavy atom. The topological polar surface area (TPSA) is 41.9 Å². The van der Waals surface area contributed by atoms with Crippen molar-refractivity contribution in [2.75, 3.05) is 32.9 Å². The van der Waals surface area contributed by atoms with Gasteiger partial charge in [-0.3, -0.25) is 4.90 Å². The first-order valence-electron chi connectivity index (χ1n) is 8.55. The van der Waals surface area contributed by atoms with Crippen molar-refractivity contribution < 1.29 is 14.6 Å². The van der Waals surface area contributed by atoms with Gasteiger partial charge in [0.15, 0.2) is 0 Å². The number of likely N-dealkylation sites (tertiary alicyclic amines) is 1. The van der Waals surface area contributed by atoms with E-state index in [1.165, 1.54) is 19.3 Å². The highest BCUT2D eigenvalue weighted by atomic mass is 16.5. The summed E-state index contributed by atoms with van der Waals surface area (Å²) < 4.78 is 11.2. The van der Waals surface area contributed by atoms with Gasteiger partial charge >= 0.3 is 0 Å². The predicted octanol–water partition coefficient (Wildman–Crippen LogP) is 2.44. The molecule has 0 radical (unpaired) electrons. The molecule has 2 unspecified atom stereocenters. The van der Waals surface area contributed by atoms with Crippen LogP contribution in [0.5, 0.6) is 0 Å². The van der Waals surface area contributed by atoms with E-state index in [4.69, 9.17) is 9.47 Å². The van der Waals surface area contributed by atoms with Gasteiger partial charge in [0.2, 0.25) is 0 Å². The van der Waals surface area contributed by atoms with Crippen molar-refractivity contribution in [3.8, 4) is 0 Å². The van der Waals surface area contributed by atoms with Gasteiger partial charge in [-0.15, -0.1) is 0 Å². The van der Waals surface area contributed by atoms with Gasteiger partial charge in [-0.2, -0.15) is 0 Å². The number of hydrogen-bond acceptors (Lipinski definition) is 4. The number of hydrogen-bond donors (Lipinski definition) is 1. The zero-order chi connectivity index (χ0) is 15.3. The standard InChI is InChI=1S/C17H33NO3/c1-17(2,3)11-14-5-4-8-18(14)12-15(19)13-21-16-6-9-20-10-7-16/h14-16,19H,4-13H2,1-3H3. The molecule has 0 amide bonds. The first-order chi connectivity index (χ1) is 9.94. The van der Waals surface area contributed by atoms with Crippen molar-refractivity contribution in [2.24, 2.45) is 5.41 Å². The lowest BCUT2D eigenvalue weighted by molar-refractivity contribution is -0.0651. The van der Waals surface area contributed by atoms with Gasteiger partial charge in [-0.25, -0.2) is 0 Å². The first-order valence-corrected chi connectivity index (χ1v) is 8.55. The third-order valence-electron chi connectivity index (χ3n) is 4.48. The minimum Gasteiger partial charge on any atom is -0.389 e. The summed E-state index contributed by atoms with van der Waals surface area (Å²) in [5, 5.41) is 10.3. The van der Waals surface area contributed by atoms with Crippen LogP contribution in [0.1, 0.15) is 52.9 Å². The number of rotatable bonds is 6. The molecular weight excluding hydrogens is 266 g/mol. The third kappa shape index (κ3) is 6.23. The molecule has 124 valence electrons. The van der Waals surface area contributed by atoms with Crippen LogP contribution in [0.2, 0.25) is 0 Å². The fraction of sp³-hybridized carbons (Fsp3) is 1.00. The second-order valence-electron chi connectivity index (χ2n) is 7.85. The summed E-state index contributed by atoms with van der Waals surface area (Å²) in [7, 11) is 0. The van der Waals surface area contributed by atoms with Crippen molar-refractivity contribution in [1.82, 2.24) is 4.90 Å². The summed E-state index contributed by atoms with van der Waals surface area (Å²) in [4.78, 5) is 2.46. The van der Waals surface area contributed by atoms with Gasteiger partial charge in [0.1, 0.15) is 0 Å². The smallest absolute Gasteiger partial charge is 0.0900 e. The predicted molar refractivity (Wildman–Crippen MR) is 84.5 cm³/mol. The van der Waals surface area contributed by atoms with Gasteiger partial charge in [-0.05, 0) is 44.1 Å². The maximum absolute atomic E-state index is 10.3. The Bertz CT molecular complexity index is 297. The van der Waals surface area contributed by atoms with E-state index in [1.54, 1.807) is 0 Å². The highest BCUT2D eigenvalue weighted by Gasteiger charge is 2.29. The van der Waals surface area contributed by atoms with E-state index < -0.39 is 0 Å². The van der Waals surface area contributed by atoms with Crippen LogP contribution in [0, 0.1) is 5.41 Å². The van der Waals surface area contributed by atoms with Crippen LogP contribution >= 0.6 is 0 Å². The highest BCUT2D eigenvalue weighted by Crippen LogP contribution is 2.29. The Morgan fingerprint density at radius 2 is 1.95 bits per heavy atom. The van der Waals surface area contributed by atoms with Gasteiger partial charge in [-0.1, -0.05) is 20.8 Å². The lowest BCUT2D eigenvalue weighted by atomic mass is 9.87. The summed E-state index contributed by atoms with van der Waals surface area (Å²) in [6, 6.07) is 0.628. The summed E-state index contributed by atoms with van der Waals surface area (Å²) in [5.41, 5.74) is 0.358. The van der Waals surface area contributed by atoms with Crippen molar-refractivity contribution in [2.45, 2.75) is 71.1 Å². The van der Waals surface area contributed by atoms with Crippen molar-refractivity contribution in [3.63, 3.8) is 0 Å². The molecule has 2 saturated heterocycles. The summed E-state index contributed by atoms with van der Waals surface area (Å²) in [6.07, 6.45) is 5.57. The van der Waals surface area contributed by atoms with Crippen molar-refractivity contribution in [3.05, 3.63) is 0 Å². The molecule has 0 aromatic rings. The minimum atomic E-state index is -0.367. The third-order valence-corrected chi connectivity index (χ3v) is 4.48. The number of ether oxygens (including phenoxy) is 2. The summed E-state index contributed by atoms with van der Waals surface area (Å²) in [6.45, 7) is 10.8. The fourth-order valence-electron chi connectivity index (χ4n) is 3.49. The van der Waals surface area contributed by atoms with Crippen LogP contribution in [0.4, 0.5) is 0 Å². The van der Waals surface area contributed by atoms with E-state index in [1.807, 2.05) is 0 Å². The SMILES string of the molecule is CC(C)(C)CC1CCCN1CC(O)COC1CCOCC1. The van der Waals surface area contributed by atoms with E-state index in [-0.39, 0.29) is 12.2 Å². The maximum Gasteiger partial charge on any atom is 0.0900 e. The normalized spacial score (nSPS) is 27.1. The molecule has 0 spiro atoms. The van der Waals surface area contributed by atoms with Crippen LogP contribution in [-0.4, -0.2) is 61.2 Å². The fourth-order valence-corrected chi connectivity index (χ4v) is 3.49. The maximum atomic E-state index is 10.3. The van der Waals surface area contributed by atoms with Gasteiger partial charge in [0, 0.05) is 25.8 Å². The second kappa shape index (κ2) is 7.91. The molecule has 0 aliphatic carbocycles. The lowest BCUT2D eigenvalue weighted by Gasteiger charge is -2.32. The zero-order valence-corrected chi connectivity index (χ0v) is 14.0. The van der Waals surface area contributed by atoms with Crippen LogP contribution in [0.15, 0.2) is 0 Å². The molecule has 2 atom stereocenters. The molecule has 21 heavy (non-hydrogen) atoms. The summed E-state index contributed by atoms with van der Waals surface area (Å²) >= 11 is 0. The van der Waals surface area contributed by atoms with E-state index in [2.05, 4.69) is 25.7 Å². The molecule has 2 fully saturated rings. The lowest BCUT2D eigenvalue weighted by Crippen LogP contribution is -2.40. The van der Waals surface area contributed by atoms with Gasteiger partial charge in [0.25, 0.3) is 0 Å². The monoisotopic (exact) mass is 299 g/mol. The van der Waals surface area contributed by atoms with Crippen molar-refractivity contribution in [1.29, 1.82) is 0 Å². The van der Waals surface area contributed by atoms with Gasteiger partial charge in [0.05, 0.1) is 18.8 Å². The summed E-state index contributed by atoms with van der Waals surface area (Å²) in [5.74, 6) is 0. The molecule has 1 N–H and O–H groups in total. The van der Waals surface area contributed by atoms with Crippen LogP contribution in [0.25, 0.3) is 0 Å².